The summed E-state index contributed by atoms with van der Waals surface area (Å²) in [5, 5.41) is 3.35. The van der Waals surface area contributed by atoms with E-state index < -0.39 is 0 Å². The molecule has 0 amide bonds. The third-order valence-corrected chi connectivity index (χ3v) is 3.00. The molecule has 0 atom stereocenters. The number of anilines is 1. The normalized spacial score (nSPS) is 10.6. The summed E-state index contributed by atoms with van der Waals surface area (Å²) >= 11 is 0. The fourth-order valence-electron chi connectivity index (χ4n) is 1.85. The molecule has 0 spiro atoms. The minimum absolute atomic E-state index is 0.718. The van der Waals surface area contributed by atoms with E-state index >= 15 is 0 Å². The smallest absolute Gasteiger partial charge is 0.203 e. The average Bonchev–Trinajstić information content (AvgIpc) is 2.83. The zero-order valence-electron chi connectivity index (χ0n) is 11.1. The van der Waals surface area contributed by atoms with Crippen molar-refractivity contribution in [3.63, 3.8) is 0 Å². The maximum absolute atomic E-state index is 4.37. The summed E-state index contributed by atoms with van der Waals surface area (Å²) in [6, 6.07) is 4.04. The van der Waals surface area contributed by atoms with E-state index in [4.69, 9.17) is 0 Å². The molecule has 0 radical (unpaired) electrons. The molecule has 0 saturated heterocycles. The summed E-state index contributed by atoms with van der Waals surface area (Å²) in [5.41, 5.74) is 2.28. The molecule has 18 heavy (non-hydrogen) atoms. The van der Waals surface area contributed by atoms with Crippen molar-refractivity contribution in [2.45, 2.75) is 39.8 Å². The standard InChI is InChI=1S/C14H20N4/c1-3-4-9-18-10-8-16-14(18)17-11-13-12(2)6-5-7-15-13/h5-8,10H,3-4,9,11H2,1-2H3,(H,16,17). The summed E-state index contributed by atoms with van der Waals surface area (Å²) in [7, 11) is 0. The van der Waals surface area contributed by atoms with Gasteiger partial charge in [-0.25, -0.2) is 4.98 Å². The highest BCUT2D eigenvalue weighted by Gasteiger charge is 2.03. The molecule has 0 fully saturated rings. The van der Waals surface area contributed by atoms with E-state index in [2.05, 4.69) is 39.8 Å². The first-order valence-electron chi connectivity index (χ1n) is 6.46. The van der Waals surface area contributed by atoms with Gasteiger partial charge in [0.2, 0.25) is 5.95 Å². The molecule has 0 aromatic carbocycles. The molecular formula is C14H20N4. The first-order valence-corrected chi connectivity index (χ1v) is 6.46. The van der Waals surface area contributed by atoms with Gasteiger partial charge in [-0.05, 0) is 25.0 Å². The van der Waals surface area contributed by atoms with Crippen LogP contribution < -0.4 is 5.32 Å². The number of hydrogen-bond donors (Lipinski definition) is 1. The molecule has 1 N–H and O–H groups in total. The minimum atomic E-state index is 0.718. The number of pyridine rings is 1. The van der Waals surface area contributed by atoms with Gasteiger partial charge in [-0.2, -0.15) is 0 Å². The van der Waals surface area contributed by atoms with E-state index in [9.17, 15) is 0 Å². The van der Waals surface area contributed by atoms with Gasteiger partial charge in [0.05, 0.1) is 12.2 Å². The van der Waals surface area contributed by atoms with Crippen LogP contribution in [0.25, 0.3) is 0 Å². The number of nitrogens with one attached hydrogen (secondary N) is 1. The lowest BCUT2D eigenvalue weighted by Crippen LogP contribution is -2.09. The highest BCUT2D eigenvalue weighted by atomic mass is 15.2. The zero-order valence-corrected chi connectivity index (χ0v) is 11.1. The summed E-state index contributed by atoms with van der Waals surface area (Å²) in [6.45, 7) is 6.00. The Morgan fingerprint density at radius 3 is 2.94 bits per heavy atom. The fraction of sp³-hybridized carbons (Fsp3) is 0.429. The molecule has 96 valence electrons. The predicted molar refractivity (Wildman–Crippen MR) is 73.4 cm³/mol. The van der Waals surface area contributed by atoms with E-state index in [1.165, 1.54) is 18.4 Å². The second-order valence-electron chi connectivity index (χ2n) is 4.42. The molecule has 0 saturated carbocycles. The third kappa shape index (κ3) is 3.09. The van der Waals surface area contributed by atoms with Crippen molar-refractivity contribution in [1.29, 1.82) is 0 Å². The lowest BCUT2D eigenvalue weighted by atomic mass is 10.2. The van der Waals surface area contributed by atoms with Crippen LogP contribution in [0, 0.1) is 6.92 Å². The van der Waals surface area contributed by atoms with Gasteiger partial charge in [0.1, 0.15) is 0 Å². The van der Waals surface area contributed by atoms with Crippen molar-refractivity contribution >= 4 is 5.95 Å². The Hall–Kier alpha value is -1.84. The number of unbranched alkanes of at least 4 members (excludes halogenated alkanes) is 1. The molecule has 0 aliphatic rings. The Morgan fingerprint density at radius 2 is 2.17 bits per heavy atom. The van der Waals surface area contributed by atoms with Crippen LogP contribution in [0.1, 0.15) is 31.0 Å². The molecular weight excluding hydrogens is 224 g/mol. The largest absolute Gasteiger partial charge is 0.350 e. The van der Waals surface area contributed by atoms with Crippen molar-refractivity contribution in [2.75, 3.05) is 5.32 Å². The third-order valence-electron chi connectivity index (χ3n) is 3.00. The Bertz CT molecular complexity index is 490. The first kappa shape index (κ1) is 12.6. The molecule has 2 aromatic rings. The maximum atomic E-state index is 4.37. The van der Waals surface area contributed by atoms with Crippen LogP contribution in [0.5, 0.6) is 0 Å². The van der Waals surface area contributed by atoms with Gasteiger partial charge < -0.3 is 9.88 Å². The number of imidazole rings is 1. The zero-order chi connectivity index (χ0) is 12.8. The van der Waals surface area contributed by atoms with Gasteiger partial charge in [0, 0.05) is 25.1 Å². The van der Waals surface area contributed by atoms with E-state index in [1.807, 2.05) is 24.7 Å². The number of aryl methyl sites for hydroxylation is 2. The number of nitrogens with zero attached hydrogens (tertiary/aromatic N) is 3. The van der Waals surface area contributed by atoms with Gasteiger partial charge >= 0.3 is 0 Å². The molecule has 2 aromatic heterocycles. The SMILES string of the molecule is CCCCn1ccnc1NCc1ncccc1C. The fourth-order valence-corrected chi connectivity index (χ4v) is 1.85. The van der Waals surface area contributed by atoms with Crippen LogP contribution in [-0.4, -0.2) is 14.5 Å². The molecule has 0 aliphatic heterocycles. The van der Waals surface area contributed by atoms with Crippen LogP contribution in [0.15, 0.2) is 30.7 Å². The van der Waals surface area contributed by atoms with E-state index in [1.54, 1.807) is 0 Å². The summed E-state index contributed by atoms with van der Waals surface area (Å²) in [4.78, 5) is 8.71. The Kier molecular flexibility index (Phi) is 4.34. The van der Waals surface area contributed by atoms with Gasteiger partial charge in [-0.1, -0.05) is 19.4 Å². The molecule has 2 rings (SSSR count). The lowest BCUT2D eigenvalue weighted by Gasteiger charge is -2.10. The topological polar surface area (TPSA) is 42.7 Å². The highest BCUT2D eigenvalue weighted by Crippen LogP contribution is 2.09. The predicted octanol–water partition coefficient (Wildman–Crippen LogP) is 3.00. The van der Waals surface area contributed by atoms with Crippen LogP contribution in [0.4, 0.5) is 5.95 Å². The van der Waals surface area contributed by atoms with Crippen LogP contribution >= 0.6 is 0 Å². The summed E-state index contributed by atoms with van der Waals surface area (Å²) < 4.78 is 2.15. The van der Waals surface area contributed by atoms with Crippen molar-refractivity contribution in [3.8, 4) is 0 Å². The molecule has 0 unspecified atom stereocenters. The van der Waals surface area contributed by atoms with E-state index in [0.29, 0.717) is 0 Å². The van der Waals surface area contributed by atoms with Crippen molar-refractivity contribution < 1.29 is 0 Å². The van der Waals surface area contributed by atoms with Gasteiger partial charge in [-0.3, -0.25) is 4.98 Å². The molecule has 4 heteroatoms. The summed E-state index contributed by atoms with van der Waals surface area (Å²) in [6.07, 6.45) is 8.05. The monoisotopic (exact) mass is 244 g/mol. The number of hydrogen-bond acceptors (Lipinski definition) is 3. The van der Waals surface area contributed by atoms with E-state index in [0.717, 1.165) is 24.7 Å². The average molecular weight is 244 g/mol. The molecule has 0 bridgehead atoms. The number of aromatic nitrogens is 3. The van der Waals surface area contributed by atoms with Gasteiger partial charge in [0.15, 0.2) is 0 Å². The van der Waals surface area contributed by atoms with Crippen molar-refractivity contribution in [1.82, 2.24) is 14.5 Å². The highest BCUT2D eigenvalue weighted by molar-refractivity contribution is 5.29. The van der Waals surface area contributed by atoms with E-state index in [-0.39, 0.29) is 0 Å². The second-order valence-corrected chi connectivity index (χ2v) is 4.42. The van der Waals surface area contributed by atoms with Crippen molar-refractivity contribution in [2.24, 2.45) is 0 Å². The van der Waals surface area contributed by atoms with Crippen LogP contribution in [-0.2, 0) is 13.1 Å². The van der Waals surface area contributed by atoms with Gasteiger partial charge in [-0.15, -0.1) is 0 Å². The first-order chi connectivity index (χ1) is 8.81. The summed E-state index contributed by atoms with van der Waals surface area (Å²) in [5.74, 6) is 0.925. The Balaban J connectivity index is 1.98. The molecule has 2 heterocycles. The quantitative estimate of drug-likeness (QED) is 0.849. The second kappa shape index (κ2) is 6.19. The number of rotatable bonds is 6. The van der Waals surface area contributed by atoms with Crippen LogP contribution in [0.3, 0.4) is 0 Å². The molecule has 4 nitrogen and oxygen atoms in total. The lowest BCUT2D eigenvalue weighted by molar-refractivity contribution is 0.634. The van der Waals surface area contributed by atoms with Crippen molar-refractivity contribution in [3.05, 3.63) is 42.0 Å². The van der Waals surface area contributed by atoms with Gasteiger partial charge in [0.25, 0.3) is 0 Å². The van der Waals surface area contributed by atoms with Crippen LogP contribution in [0.2, 0.25) is 0 Å². The minimum Gasteiger partial charge on any atom is -0.350 e. The maximum Gasteiger partial charge on any atom is 0.203 e. The Labute approximate surface area is 108 Å². The molecule has 0 aliphatic carbocycles. The Morgan fingerprint density at radius 1 is 1.28 bits per heavy atom.